The quantitative estimate of drug-likeness (QED) is 0.781. The van der Waals surface area contributed by atoms with E-state index in [1.807, 2.05) is 30.3 Å². The van der Waals surface area contributed by atoms with Gasteiger partial charge in [0.15, 0.2) is 0 Å². The van der Waals surface area contributed by atoms with Crippen molar-refractivity contribution >= 4 is 15.9 Å². The van der Waals surface area contributed by atoms with E-state index in [1.165, 1.54) is 12.1 Å². The first-order valence-corrected chi connectivity index (χ1v) is 7.17. The highest BCUT2D eigenvalue weighted by atomic mass is 79.9. The third-order valence-electron chi connectivity index (χ3n) is 3.20. The van der Waals surface area contributed by atoms with Crippen LogP contribution in [0.2, 0.25) is 0 Å². The minimum Gasteiger partial charge on any atom is -0.383 e. The van der Waals surface area contributed by atoms with Gasteiger partial charge < -0.3 is 5.11 Å². The van der Waals surface area contributed by atoms with Crippen molar-refractivity contribution in [3.05, 3.63) is 82.3 Å². The third-order valence-corrected chi connectivity index (χ3v) is 3.88. The van der Waals surface area contributed by atoms with Crippen LogP contribution in [0.3, 0.4) is 0 Å². The molecule has 0 amide bonds. The molecule has 0 aliphatic rings. The molecule has 3 rings (SSSR count). The van der Waals surface area contributed by atoms with E-state index in [-0.39, 0.29) is 5.82 Å². The summed E-state index contributed by atoms with van der Waals surface area (Å²) in [7, 11) is 0. The Morgan fingerprint density at radius 2 is 1.90 bits per heavy atom. The van der Waals surface area contributed by atoms with Crippen LogP contribution in [0.5, 0.6) is 0 Å². The van der Waals surface area contributed by atoms with Gasteiger partial charge in [0.25, 0.3) is 0 Å². The van der Waals surface area contributed by atoms with E-state index in [0.717, 1.165) is 5.69 Å². The zero-order valence-corrected chi connectivity index (χ0v) is 12.5. The number of rotatable bonds is 3. The predicted octanol–water partition coefficient (Wildman–Crippen LogP) is 3.86. The number of hydrogen-bond acceptors (Lipinski definition) is 2. The summed E-state index contributed by atoms with van der Waals surface area (Å²) in [5.74, 6) is -0.349. The maximum atomic E-state index is 13.1. The van der Waals surface area contributed by atoms with Gasteiger partial charge in [-0.3, -0.25) is 0 Å². The molecule has 106 valence electrons. The highest BCUT2D eigenvalue weighted by Gasteiger charge is 2.16. The number of aromatic nitrogens is 2. The van der Waals surface area contributed by atoms with Crippen molar-refractivity contribution in [3.63, 3.8) is 0 Å². The summed E-state index contributed by atoms with van der Waals surface area (Å²) in [4.78, 5) is 0. The molecule has 0 fully saturated rings. The SMILES string of the molecule is OC(c1cnn(-c2ccccc2)c1)c1ccc(F)cc1Br. The lowest BCUT2D eigenvalue weighted by molar-refractivity contribution is 0.219. The van der Waals surface area contributed by atoms with Crippen molar-refractivity contribution in [2.24, 2.45) is 0 Å². The van der Waals surface area contributed by atoms with Crippen molar-refractivity contribution in [2.75, 3.05) is 0 Å². The molecule has 1 aromatic heterocycles. The minimum absolute atomic E-state index is 0.349. The number of aliphatic hydroxyl groups is 1. The van der Waals surface area contributed by atoms with E-state index >= 15 is 0 Å². The molecule has 1 unspecified atom stereocenters. The molecular formula is C16H12BrFN2O. The topological polar surface area (TPSA) is 38.1 Å². The zero-order valence-electron chi connectivity index (χ0n) is 10.9. The Hall–Kier alpha value is -1.98. The standard InChI is InChI=1S/C16H12BrFN2O/c17-15-8-12(18)6-7-14(15)16(21)11-9-19-20(10-11)13-4-2-1-3-5-13/h1-10,16,21H. The number of para-hydroxylation sites is 1. The molecule has 0 radical (unpaired) electrons. The van der Waals surface area contributed by atoms with Crippen LogP contribution < -0.4 is 0 Å². The van der Waals surface area contributed by atoms with Gasteiger partial charge in [-0.05, 0) is 29.8 Å². The second-order valence-corrected chi connectivity index (χ2v) is 5.48. The van der Waals surface area contributed by atoms with E-state index in [2.05, 4.69) is 21.0 Å². The van der Waals surface area contributed by atoms with E-state index in [1.54, 1.807) is 23.1 Å². The number of benzene rings is 2. The van der Waals surface area contributed by atoms with Crippen molar-refractivity contribution in [3.8, 4) is 5.69 Å². The Balaban J connectivity index is 1.92. The molecule has 3 aromatic rings. The van der Waals surface area contributed by atoms with Crippen LogP contribution in [-0.2, 0) is 0 Å². The van der Waals surface area contributed by atoms with Crippen LogP contribution in [0.1, 0.15) is 17.2 Å². The van der Waals surface area contributed by atoms with Crippen molar-refractivity contribution in [1.82, 2.24) is 9.78 Å². The molecule has 0 aliphatic heterocycles. The molecule has 3 nitrogen and oxygen atoms in total. The summed E-state index contributed by atoms with van der Waals surface area (Å²) in [6.07, 6.45) is 2.50. The third kappa shape index (κ3) is 2.89. The van der Waals surface area contributed by atoms with Gasteiger partial charge in [-0.2, -0.15) is 5.10 Å². The van der Waals surface area contributed by atoms with E-state index in [4.69, 9.17) is 0 Å². The molecule has 0 aliphatic carbocycles. The molecule has 1 atom stereocenters. The summed E-state index contributed by atoms with van der Waals surface area (Å²) in [5.41, 5.74) is 2.16. The van der Waals surface area contributed by atoms with Gasteiger partial charge >= 0.3 is 0 Å². The average Bonchev–Trinajstić information content (AvgIpc) is 2.97. The van der Waals surface area contributed by atoms with Crippen LogP contribution in [0.15, 0.2) is 65.4 Å². The number of halogens is 2. The lowest BCUT2D eigenvalue weighted by atomic mass is 10.0. The monoisotopic (exact) mass is 346 g/mol. The van der Waals surface area contributed by atoms with Crippen LogP contribution in [0.25, 0.3) is 5.69 Å². The Labute approximate surface area is 129 Å². The molecule has 21 heavy (non-hydrogen) atoms. The first kappa shape index (κ1) is 14.0. The molecule has 0 saturated heterocycles. The maximum absolute atomic E-state index is 13.1. The molecule has 5 heteroatoms. The lowest BCUT2D eigenvalue weighted by Gasteiger charge is -2.11. The first-order valence-electron chi connectivity index (χ1n) is 6.38. The molecule has 1 heterocycles. The largest absolute Gasteiger partial charge is 0.383 e. The lowest BCUT2D eigenvalue weighted by Crippen LogP contribution is -2.00. The van der Waals surface area contributed by atoms with Gasteiger partial charge in [0, 0.05) is 16.2 Å². The summed E-state index contributed by atoms with van der Waals surface area (Å²) in [6, 6.07) is 13.8. The fraction of sp³-hybridized carbons (Fsp3) is 0.0625. The van der Waals surface area contributed by atoms with Crippen molar-refractivity contribution < 1.29 is 9.50 Å². The molecule has 1 N–H and O–H groups in total. The van der Waals surface area contributed by atoms with Crippen molar-refractivity contribution in [2.45, 2.75) is 6.10 Å². The molecular weight excluding hydrogens is 335 g/mol. The van der Waals surface area contributed by atoms with Crippen LogP contribution in [0, 0.1) is 5.82 Å². The second kappa shape index (κ2) is 5.79. The fourth-order valence-corrected chi connectivity index (χ4v) is 2.67. The Kier molecular flexibility index (Phi) is 3.86. The van der Waals surface area contributed by atoms with Gasteiger partial charge in [-0.1, -0.05) is 40.2 Å². The average molecular weight is 347 g/mol. The Morgan fingerprint density at radius 3 is 2.62 bits per heavy atom. The van der Waals surface area contributed by atoms with Gasteiger partial charge in [0.05, 0.1) is 11.9 Å². The maximum Gasteiger partial charge on any atom is 0.124 e. The van der Waals surface area contributed by atoms with Crippen LogP contribution >= 0.6 is 15.9 Å². The number of nitrogens with zero attached hydrogens (tertiary/aromatic N) is 2. The van der Waals surface area contributed by atoms with Gasteiger partial charge in [-0.15, -0.1) is 0 Å². The second-order valence-electron chi connectivity index (χ2n) is 4.62. The molecule has 0 spiro atoms. The van der Waals surface area contributed by atoms with Gasteiger partial charge in [0.1, 0.15) is 11.9 Å². The summed E-state index contributed by atoms with van der Waals surface area (Å²) in [6.45, 7) is 0. The highest BCUT2D eigenvalue weighted by Crippen LogP contribution is 2.29. The summed E-state index contributed by atoms with van der Waals surface area (Å²) in [5, 5.41) is 14.7. The predicted molar refractivity (Wildman–Crippen MR) is 81.7 cm³/mol. The Bertz CT molecular complexity index is 758. The van der Waals surface area contributed by atoms with E-state index < -0.39 is 6.10 Å². The summed E-state index contributed by atoms with van der Waals surface area (Å²) < 4.78 is 15.3. The fourth-order valence-electron chi connectivity index (χ4n) is 2.10. The normalized spacial score (nSPS) is 12.3. The Morgan fingerprint density at radius 1 is 1.14 bits per heavy atom. The summed E-state index contributed by atoms with van der Waals surface area (Å²) >= 11 is 3.27. The minimum atomic E-state index is -0.863. The zero-order chi connectivity index (χ0) is 14.8. The van der Waals surface area contributed by atoms with Gasteiger partial charge in [0.2, 0.25) is 0 Å². The number of aliphatic hydroxyl groups excluding tert-OH is 1. The molecule has 0 bridgehead atoms. The molecule has 0 saturated carbocycles. The van der Waals surface area contributed by atoms with E-state index in [0.29, 0.717) is 15.6 Å². The highest BCUT2D eigenvalue weighted by molar-refractivity contribution is 9.10. The van der Waals surface area contributed by atoms with E-state index in [9.17, 15) is 9.50 Å². The molecule has 2 aromatic carbocycles. The van der Waals surface area contributed by atoms with Gasteiger partial charge in [-0.25, -0.2) is 9.07 Å². The van der Waals surface area contributed by atoms with Crippen LogP contribution in [0.4, 0.5) is 4.39 Å². The smallest absolute Gasteiger partial charge is 0.124 e. The van der Waals surface area contributed by atoms with Crippen LogP contribution in [-0.4, -0.2) is 14.9 Å². The first-order chi connectivity index (χ1) is 10.1. The van der Waals surface area contributed by atoms with Crippen molar-refractivity contribution in [1.29, 1.82) is 0 Å². The number of hydrogen-bond donors (Lipinski definition) is 1.